The Morgan fingerprint density at radius 1 is 0.824 bits per heavy atom. The molecule has 1 aromatic carbocycles. The van der Waals surface area contributed by atoms with E-state index in [0.29, 0.717) is 0 Å². The lowest BCUT2D eigenvalue weighted by molar-refractivity contribution is 0.0633. The van der Waals surface area contributed by atoms with Crippen LogP contribution >= 0.6 is 0 Å². The van der Waals surface area contributed by atoms with Gasteiger partial charge in [0.2, 0.25) is 0 Å². The highest BCUT2D eigenvalue weighted by atomic mass is 16.4. The van der Waals surface area contributed by atoms with Gasteiger partial charge in [0.05, 0.1) is 16.7 Å². The summed E-state index contributed by atoms with van der Waals surface area (Å²) in [5.74, 6) is -4.53. The molecule has 0 aromatic heterocycles. The first-order valence-corrected chi connectivity index (χ1v) is 4.78. The molecule has 0 amide bonds. The Balaban J connectivity index is 0.00000121. The van der Waals surface area contributed by atoms with E-state index in [0.717, 1.165) is 12.1 Å². The summed E-state index contributed by atoms with van der Waals surface area (Å²) in [6.07, 6.45) is 0. The number of carbonyl (C=O) groups is 3. The molecule has 0 aliphatic carbocycles. The first kappa shape index (κ1) is 14.6. The second kappa shape index (κ2) is 6.26. The number of hydrogen-bond donors (Lipinski definition) is 3. The summed E-state index contributed by atoms with van der Waals surface area (Å²) in [6.45, 7) is 4.00. The lowest BCUT2D eigenvalue weighted by Gasteiger charge is -2.04. The van der Waals surface area contributed by atoms with Crippen molar-refractivity contribution < 1.29 is 29.7 Å². The number of benzene rings is 1. The van der Waals surface area contributed by atoms with Crippen molar-refractivity contribution in [1.29, 1.82) is 0 Å². The van der Waals surface area contributed by atoms with Gasteiger partial charge in [-0.05, 0) is 12.1 Å². The average molecular weight is 240 g/mol. The molecule has 0 saturated carbocycles. The molecule has 0 aliphatic rings. The standard InChI is InChI=1S/C9H6O6.C2H6/c10-7(11)4-2-1-3-5(8(12)13)6(4)9(14)15;1-2/h1-3H,(H,10,11)(H,12,13)(H,14,15);1-2H3. The van der Waals surface area contributed by atoms with Crippen LogP contribution in [0.3, 0.4) is 0 Å². The summed E-state index contributed by atoms with van der Waals surface area (Å²) in [4.78, 5) is 32.0. The van der Waals surface area contributed by atoms with Crippen LogP contribution in [0.2, 0.25) is 0 Å². The molecule has 6 heteroatoms. The van der Waals surface area contributed by atoms with E-state index in [1.165, 1.54) is 6.07 Å². The van der Waals surface area contributed by atoms with Gasteiger partial charge in [-0.15, -0.1) is 0 Å². The molecule has 0 bridgehead atoms. The molecule has 0 atom stereocenters. The zero-order valence-electron chi connectivity index (χ0n) is 9.30. The largest absolute Gasteiger partial charge is 0.478 e. The van der Waals surface area contributed by atoms with Crippen LogP contribution in [0.4, 0.5) is 0 Å². The highest BCUT2D eigenvalue weighted by Gasteiger charge is 2.22. The SMILES string of the molecule is CC.O=C(O)c1cccc(C(=O)O)c1C(=O)O. The highest BCUT2D eigenvalue weighted by molar-refractivity contribution is 6.08. The molecule has 0 aliphatic heterocycles. The third kappa shape index (κ3) is 3.30. The second-order valence-electron chi connectivity index (χ2n) is 2.64. The van der Waals surface area contributed by atoms with E-state index >= 15 is 0 Å². The fourth-order valence-corrected chi connectivity index (χ4v) is 1.14. The Morgan fingerprint density at radius 3 is 1.41 bits per heavy atom. The number of aromatic carboxylic acids is 3. The summed E-state index contributed by atoms with van der Waals surface area (Å²) in [6, 6.07) is 3.26. The number of carboxylic acids is 3. The van der Waals surface area contributed by atoms with Gasteiger partial charge in [0.15, 0.2) is 0 Å². The fourth-order valence-electron chi connectivity index (χ4n) is 1.14. The van der Waals surface area contributed by atoms with E-state index < -0.39 is 34.6 Å². The molecule has 0 radical (unpaired) electrons. The molecule has 92 valence electrons. The van der Waals surface area contributed by atoms with Crippen molar-refractivity contribution in [3.63, 3.8) is 0 Å². The summed E-state index contributed by atoms with van der Waals surface area (Å²) < 4.78 is 0. The molecule has 3 N–H and O–H groups in total. The molecular weight excluding hydrogens is 228 g/mol. The van der Waals surface area contributed by atoms with Crippen molar-refractivity contribution in [2.45, 2.75) is 13.8 Å². The van der Waals surface area contributed by atoms with Crippen LogP contribution in [0.1, 0.15) is 44.9 Å². The molecule has 0 spiro atoms. The summed E-state index contributed by atoms with van der Waals surface area (Å²) in [5.41, 5.74) is -1.79. The molecule has 17 heavy (non-hydrogen) atoms. The summed E-state index contributed by atoms with van der Waals surface area (Å²) in [7, 11) is 0. The quantitative estimate of drug-likeness (QED) is 0.742. The van der Waals surface area contributed by atoms with Crippen LogP contribution in [0, 0.1) is 0 Å². The Hall–Kier alpha value is -2.37. The van der Waals surface area contributed by atoms with Gasteiger partial charge in [-0.25, -0.2) is 14.4 Å². The van der Waals surface area contributed by atoms with Crippen LogP contribution < -0.4 is 0 Å². The summed E-state index contributed by atoms with van der Waals surface area (Å²) in [5, 5.41) is 26.0. The topological polar surface area (TPSA) is 112 Å². The van der Waals surface area contributed by atoms with Crippen molar-refractivity contribution >= 4 is 17.9 Å². The summed E-state index contributed by atoms with van der Waals surface area (Å²) >= 11 is 0. The third-order valence-corrected chi connectivity index (χ3v) is 1.74. The van der Waals surface area contributed by atoms with Gasteiger partial charge < -0.3 is 15.3 Å². The van der Waals surface area contributed by atoms with Crippen molar-refractivity contribution in [1.82, 2.24) is 0 Å². The Labute approximate surface area is 97.1 Å². The molecular formula is C11H12O6. The molecule has 0 heterocycles. The lowest BCUT2D eigenvalue weighted by Crippen LogP contribution is -2.14. The second-order valence-corrected chi connectivity index (χ2v) is 2.64. The number of rotatable bonds is 3. The number of hydrogen-bond acceptors (Lipinski definition) is 3. The fraction of sp³-hybridized carbons (Fsp3) is 0.182. The number of carboxylic acid groups (broad SMARTS) is 3. The van der Waals surface area contributed by atoms with E-state index in [1.807, 2.05) is 13.8 Å². The predicted octanol–water partition coefficient (Wildman–Crippen LogP) is 1.81. The minimum atomic E-state index is -1.58. The highest BCUT2D eigenvalue weighted by Crippen LogP contribution is 2.15. The Bertz CT molecular complexity index is 417. The van der Waals surface area contributed by atoms with Crippen LogP contribution in [0.5, 0.6) is 0 Å². The predicted molar refractivity (Wildman–Crippen MR) is 58.7 cm³/mol. The molecule has 0 unspecified atom stereocenters. The third-order valence-electron chi connectivity index (χ3n) is 1.74. The molecule has 0 saturated heterocycles. The first-order chi connectivity index (χ1) is 7.95. The maximum Gasteiger partial charge on any atom is 0.337 e. The average Bonchev–Trinajstić information content (AvgIpc) is 2.30. The normalized spacial score (nSPS) is 8.82. The van der Waals surface area contributed by atoms with Crippen LogP contribution in [0.25, 0.3) is 0 Å². The Kier molecular flexibility index (Phi) is 5.39. The van der Waals surface area contributed by atoms with Crippen molar-refractivity contribution in [3.8, 4) is 0 Å². The van der Waals surface area contributed by atoms with Crippen LogP contribution in [-0.2, 0) is 0 Å². The van der Waals surface area contributed by atoms with Gasteiger partial charge in [-0.1, -0.05) is 19.9 Å². The maximum absolute atomic E-state index is 10.7. The van der Waals surface area contributed by atoms with Gasteiger partial charge in [0, 0.05) is 0 Å². The van der Waals surface area contributed by atoms with E-state index in [4.69, 9.17) is 15.3 Å². The monoisotopic (exact) mass is 240 g/mol. The lowest BCUT2D eigenvalue weighted by atomic mass is 10.0. The maximum atomic E-state index is 10.7. The smallest absolute Gasteiger partial charge is 0.337 e. The van der Waals surface area contributed by atoms with Crippen molar-refractivity contribution in [2.75, 3.05) is 0 Å². The van der Waals surface area contributed by atoms with E-state index in [-0.39, 0.29) is 0 Å². The van der Waals surface area contributed by atoms with Crippen LogP contribution in [0.15, 0.2) is 18.2 Å². The molecule has 0 fully saturated rings. The van der Waals surface area contributed by atoms with Gasteiger partial charge >= 0.3 is 17.9 Å². The van der Waals surface area contributed by atoms with E-state index in [1.54, 1.807) is 0 Å². The van der Waals surface area contributed by atoms with Gasteiger partial charge in [0.1, 0.15) is 0 Å². The zero-order chi connectivity index (χ0) is 13.6. The van der Waals surface area contributed by atoms with Crippen LogP contribution in [-0.4, -0.2) is 33.2 Å². The molecule has 1 aromatic rings. The van der Waals surface area contributed by atoms with Gasteiger partial charge in [-0.3, -0.25) is 0 Å². The molecule has 1 rings (SSSR count). The van der Waals surface area contributed by atoms with E-state index in [2.05, 4.69) is 0 Å². The van der Waals surface area contributed by atoms with Gasteiger partial charge in [0.25, 0.3) is 0 Å². The van der Waals surface area contributed by atoms with Crippen molar-refractivity contribution in [3.05, 3.63) is 34.9 Å². The first-order valence-electron chi connectivity index (χ1n) is 4.78. The molecule has 6 nitrogen and oxygen atoms in total. The minimum Gasteiger partial charge on any atom is -0.478 e. The van der Waals surface area contributed by atoms with Crippen molar-refractivity contribution in [2.24, 2.45) is 0 Å². The zero-order valence-corrected chi connectivity index (χ0v) is 9.30. The van der Waals surface area contributed by atoms with Gasteiger partial charge in [-0.2, -0.15) is 0 Å². The van der Waals surface area contributed by atoms with E-state index in [9.17, 15) is 14.4 Å². The minimum absolute atomic E-state index is 0.539. The Morgan fingerprint density at radius 2 is 1.18 bits per heavy atom.